The second-order valence-electron chi connectivity index (χ2n) is 3.55. The summed E-state index contributed by atoms with van der Waals surface area (Å²) >= 11 is 3.17. The third-order valence-corrected chi connectivity index (χ3v) is 2.41. The molecule has 0 aliphatic rings. The number of nitrogens with zero attached hydrogens (tertiary/aromatic N) is 1. The molecule has 0 bridgehead atoms. The van der Waals surface area contributed by atoms with Gasteiger partial charge in [-0.05, 0) is 22.0 Å². The number of primary amides is 1. The molecule has 0 aliphatic carbocycles. The summed E-state index contributed by atoms with van der Waals surface area (Å²) in [5.41, 5.74) is 5.26. The highest BCUT2D eigenvalue weighted by Crippen LogP contribution is 2.13. The van der Waals surface area contributed by atoms with Crippen molar-refractivity contribution in [1.82, 2.24) is 10.3 Å². The van der Waals surface area contributed by atoms with Crippen molar-refractivity contribution in [2.45, 2.75) is 12.5 Å². The largest absolute Gasteiger partial charge is 0.480 e. The summed E-state index contributed by atoms with van der Waals surface area (Å²) < 4.78 is 0.650. The number of hydrogen-bond donors (Lipinski definition) is 4. The van der Waals surface area contributed by atoms with Gasteiger partial charge in [-0.3, -0.25) is 9.78 Å². The third kappa shape index (κ3) is 5.34. The maximum atomic E-state index is 11.5. The van der Waals surface area contributed by atoms with E-state index < -0.39 is 30.4 Å². The van der Waals surface area contributed by atoms with Crippen molar-refractivity contribution in [2.75, 3.05) is 5.32 Å². The van der Waals surface area contributed by atoms with Crippen molar-refractivity contribution in [2.24, 2.45) is 5.73 Å². The highest BCUT2D eigenvalue weighted by atomic mass is 79.9. The minimum Gasteiger partial charge on any atom is -0.480 e. The number of aliphatic carboxylic acids is 1. The zero-order valence-electron chi connectivity index (χ0n) is 9.59. The van der Waals surface area contributed by atoms with Crippen molar-refractivity contribution in [1.29, 1.82) is 0 Å². The van der Waals surface area contributed by atoms with E-state index in [1.165, 1.54) is 12.4 Å². The fraction of sp³-hybridized carbons (Fsp3) is 0.200. The minimum absolute atomic E-state index is 0.370. The summed E-state index contributed by atoms with van der Waals surface area (Å²) in [6.45, 7) is 0. The van der Waals surface area contributed by atoms with E-state index in [-0.39, 0.29) is 0 Å². The molecule has 0 radical (unpaired) electrons. The molecular weight excluding hydrogens is 320 g/mol. The molecule has 3 amide bonds. The molecular formula is C10H11BrN4O4. The molecule has 5 N–H and O–H groups in total. The Morgan fingerprint density at radius 3 is 2.63 bits per heavy atom. The SMILES string of the molecule is NC(=O)C[C@@H](NC(=O)Nc1cncc(Br)c1)C(=O)O. The number of carboxylic acid groups (broad SMARTS) is 1. The van der Waals surface area contributed by atoms with Crippen LogP contribution in [0.25, 0.3) is 0 Å². The predicted molar refractivity (Wildman–Crippen MR) is 69.3 cm³/mol. The molecule has 19 heavy (non-hydrogen) atoms. The summed E-state index contributed by atoms with van der Waals surface area (Å²) in [4.78, 5) is 36.8. The number of nitrogens with one attached hydrogen (secondary N) is 2. The number of urea groups is 1. The first-order chi connectivity index (χ1) is 8.88. The molecule has 0 fully saturated rings. The van der Waals surface area contributed by atoms with Gasteiger partial charge in [-0.25, -0.2) is 9.59 Å². The van der Waals surface area contributed by atoms with E-state index in [4.69, 9.17) is 10.8 Å². The van der Waals surface area contributed by atoms with Crippen molar-refractivity contribution < 1.29 is 19.5 Å². The average Bonchev–Trinajstić information content (AvgIpc) is 2.27. The van der Waals surface area contributed by atoms with Crippen LogP contribution >= 0.6 is 15.9 Å². The van der Waals surface area contributed by atoms with Gasteiger partial charge >= 0.3 is 12.0 Å². The molecule has 1 aromatic rings. The molecule has 9 heteroatoms. The van der Waals surface area contributed by atoms with Gasteiger partial charge in [-0.2, -0.15) is 0 Å². The number of nitrogens with two attached hydrogens (primary N) is 1. The lowest BCUT2D eigenvalue weighted by Gasteiger charge is -2.13. The highest BCUT2D eigenvalue weighted by molar-refractivity contribution is 9.10. The van der Waals surface area contributed by atoms with Gasteiger partial charge < -0.3 is 21.5 Å². The number of pyridine rings is 1. The number of rotatable bonds is 5. The van der Waals surface area contributed by atoms with Crippen molar-refractivity contribution in [3.05, 3.63) is 22.9 Å². The van der Waals surface area contributed by atoms with Gasteiger partial charge in [-0.1, -0.05) is 0 Å². The fourth-order valence-corrected chi connectivity index (χ4v) is 1.57. The average molecular weight is 331 g/mol. The fourth-order valence-electron chi connectivity index (χ4n) is 1.21. The van der Waals surface area contributed by atoms with Gasteiger partial charge in [0.2, 0.25) is 5.91 Å². The van der Waals surface area contributed by atoms with E-state index in [1.807, 2.05) is 0 Å². The van der Waals surface area contributed by atoms with Crippen LogP contribution in [0.15, 0.2) is 22.9 Å². The summed E-state index contributed by atoms with van der Waals surface area (Å²) in [5, 5.41) is 13.3. The lowest BCUT2D eigenvalue weighted by Crippen LogP contribution is -2.45. The summed E-state index contributed by atoms with van der Waals surface area (Å²) in [6, 6.07) is -0.567. The molecule has 1 rings (SSSR count). The standard InChI is InChI=1S/C10H11BrN4O4/c11-5-1-6(4-13-3-5)14-10(19)15-7(9(17)18)2-8(12)16/h1,3-4,7H,2H2,(H2,12,16)(H,17,18)(H2,14,15,19)/t7-/m1/s1. The number of halogens is 1. The molecule has 0 aliphatic heterocycles. The molecule has 0 unspecified atom stereocenters. The van der Waals surface area contributed by atoms with Gasteiger partial charge in [0.1, 0.15) is 6.04 Å². The first-order valence-corrected chi connectivity index (χ1v) is 5.87. The molecule has 1 aromatic heterocycles. The Bertz CT molecular complexity index is 508. The number of hydrogen-bond acceptors (Lipinski definition) is 4. The Balaban J connectivity index is 2.62. The van der Waals surface area contributed by atoms with Gasteiger partial charge in [0, 0.05) is 10.7 Å². The Morgan fingerprint density at radius 2 is 2.11 bits per heavy atom. The Morgan fingerprint density at radius 1 is 1.42 bits per heavy atom. The van der Waals surface area contributed by atoms with Crippen LogP contribution in [0.3, 0.4) is 0 Å². The van der Waals surface area contributed by atoms with Gasteiger partial charge in [0.05, 0.1) is 18.3 Å². The molecule has 1 atom stereocenters. The van der Waals surface area contributed by atoms with Crippen LogP contribution in [0.5, 0.6) is 0 Å². The van der Waals surface area contributed by atoms with E-state index in [0.717, 1.165) is 0 Å². The highest BCUT2D eigenvalue weighted by Gasteiger charge is 2.22. The number of carboxylic acids is 1. The van der Waals surface area contributed by atoms with Crippen LogP contribution in [0, 0.1) is 0 Å². The number of carbonyl (C=O) groups excluding carboxylic acids is 2. The second-order valence-corrected chi connectivity index (χ2v) is 4.47. The number of amides is 3. The second kappa shape index (κ2) is 6.69. The van der Waals surface area contributed by atoms with Crippen LogP contribution in [0.4, 0.5) is 10.5 Å². The van der Waals surface area contributed by atoms with Gasteiger partial charge in [-0.15, -0.1) is 0 Å². The molecule has 0 saturated carbocycles. The Hall–Kier alpha value is -2.16. The third-order valence-electron chi connectivity index (χ3n) is 1.97. The summed E-state index contributed by atoms with van der Waals surface area (Å²) in [6.07, 6.45) is 2.42. The van der Waals surface area contributed by atoms with Crippen molar-refractivity contribution >= 4 is 39.5 Å². The number of carbonyl (C=O) groups is 3. The topological polar surface area (TPSA) is 134 Å². The molecule has 0 aromatic carbocycles. The molecule has 8 nitrogen and oxygen atoms in total. The van der Waals surface area contributed by atoms with Crippen LogP contribution in [0.1, 0.15) is 6.42 Å². The predicted octanol–water partition coefficient (Wildman–Crippen LogP) is 0.294. The van der Waals surface area contributed by atoms with E-state index >= 15 is 0 Å². The summed E-state index contributed by atoms with van der Waals surface area (Å²) in [5.74, 6) is -2.17. The Labute approximate surface area is 116 Å². The number of anilines is 1. The summed E-state index contributed by atoms with van der Waals surface area (Å²) in [7, 11) is 0. The monoisotopic (exact) mass is 330 g/mol. The zero-order chi connectivity index (χ0) is 14.4. The smallest absolute Gasteiger partial charge is 0.326 e. The van der Waals surface area contributed by atoms with E-state index in [9.17, 15) is 14.4 Å². The first kappa shape index (κ1) is 14.9. The minimum atomic E-state index is -1.38. The van der Waals surface area contributed by atoms with Crippen molar-refractivity contribution in [3.63, 3.8) is 0 Å². The van der Waals surface area contributed by atoms with Gasteiger partial charge in [0.25, 0.3) is 0 Å². The molecule has 0 saturated heterocycles. The number of aromatic nitrogens is 1. The molecule has 0 spiro atoms. The lowest BCUT2D eigenvalue weighted by molar-refractivity contribution is -0.140. The van der Waals surface area contributed by atoms with E-state index in [0.29, 0.717) is 10.2 Å². The maximum Gasteiger partial charge on any atom is 0.326 e. The van der Waals surface area contributed by atoms with Crippen LogP contribution in [0.2, 0.25) is 0 Å². The lowest BCUT2D eigenvalue weighted by atomic mass is 10.2. The van der Waals surface area contributed by atoms with Crippen LogP contribution in [-0.4, -0.2) is 34.0 Å². The Kier molecular flexibility index (Phi) is 5.24. The van der Waals surface area contributed by atoms with E-state index in [2.05, 4.69) is 31.5 Å². The molecule has 1 heterocycles. The quantitative estimate of drug-likeness (QED) is 0.615. The normalized spacial score (nSPS) is 11.4. The first-order valence-electron chi connectivity index (χ1n) is 5.07. The van der Waals surface area contributed by atoms with Crippen LogP contribution in [-0.2, 0) is 9.59 Å². The zero-order valence-corrected chi connectivity index (χ0v) is 11.2. The maximum absolute atomic E-state index is 11.5. The van der Waals surface area contributed by atoms with E-state index in [1.54, 1.807) is 6.07 Å². The van der Waals surface area contributed by atoms with Crippen LogP contribution < -0.4 is 16.4 Å². The van der Waals surface area contributed by atoms with Gasteiger partial charge in [0.15, 0.2) is 0 Å². The van der Waals surface area contributed by atoms with Crippen molar-refractivity contribution in [3.8, 4) is 0 Å². The molecule has 102 valence electrons.